The Morgan fingerprint density at radius 1 is 0.580 bits per heavy atom. The molecule has 4 aliphatic heterocycles. The third-order valence-electron chi connectivity index (χ3n) is 12.9. The SMILES string of the molecule is CCOC(=O)C(C)SC(=S)N1N=C(C)CC1=O.CCOC(=O)C(C)SC(=S)N1NCCC1=O.CCOC(=O)C(SC(=S)N1C=CC=CN1c1ccccc1)C(=O)OCC.N#CC(SC(=S)N1C(=O)CCC(=O)N1c1ccccc1)c1ccccc1.S=C(SCc1ccccc1)n1cccn1. The van der Waals surface area contributed by atoms with Gasteiger partial charge >= 0.3 is 23.9 Å². The van der Waals surface area contributed by atoms with Gasteiger partial charge in [-0.15, -0.1) is 0 Å². The molecule has 23 nitrogen and oxygen atoms in total. The van der Waals surface area contributed by atoms with Gasteiger partial charge in [-0.05, 0) is 102 Å². The van der Waals surface area contributed by atoms with Gasteiger partial charge in [0.1, 0.15) is 15.7 Å². The Labute approximate surface area is 629 Å². The maximum absolute atomic E-state index is 12.5. The minimum Gasteiger partial charge on any atom is -0.465 e. The van der Waals surface area contributed by atoms with Crippen molar-refractivity contribution < 1.29 is 57.3 Å². The lowest BCUT2D eigenvalue weighted by atomic mass is 10.2. The van der Waals surface area contributed by atoms with Crippen LogP contribution in [0, 0.1) is 11.3 Å². The number of amides is 4. The zero-order chi connectivity index (χ0) is 73.1. The van der Waals surface area contributed by atoms with Gasteiger partial charge in [-0.2, -0.15) is 25.5 Å². The van der Waals surface area contributed by atoms with Crippen molar-refractivity contribution in [3.8, 4) is 6.07 Å². The summed E-state index contributed by atoms with van der Waals surface area (Å²) in [6.07, 6.45) is 11.8. The first-order valence-corrected chi connectivity index (χ1v) is 37.4. The monoisotopic (exact) mass is 1540 g/mol. The zero-order valence-electron chi connectivity index (χ0n) is 55.4. The second-order valence-electron chi connectivity index (χ2n) is 20.2. The normalized spacial score (nSPS) is 14.6. The second-order valence-corrected chi connectivity index (χ2v) is 29.2. The van der Waals surface area contributed by atoms with Gasteiger partial charge in [0, 0.05) is 62.1 Å². The fourth-order valence-electron chi connectivity index (χ4n) is 8.26. The molecule has 528 valence electrons. The minimum absolute atomic E-state index is 0.0615. The van der Waals surface area contributed by atoms with Crippen LogP contribution in [0.4, 0.5) is 11.4 Å². The number of allylic oxidation sites excluding steroid dienone is 2. The van der Waals surface area contributed by atoms with E-state index in [0.29, 0.717) is 40.5 Å². The van der Waals surface area contributed by atoms with Crippen molar-refractivity contribution in [3.05, 3.63) is 175 Å². The molecular formula is C67H73N11O12S10. The molecule has 0 bridgehead atoms. The van der Waals surface area contributed by atoms with E-state index in [-0.39, 0.29) is 76.7 Å². The van der Waals surface area contributed by atoms with Crippen molar-refractivity contribution in [1.82, 2.24) is 35.2 Å². The molecule has 33 heteroatoms. The molecule has 5 aromatic rings. The number of nitriles is 1. The van der Waals surface area contributed by atoms with Crippen LogP contribution in [-0.4, -0.2) is 153 Å². The summed E-state index contributed by atoms with van der Waals surface area (Å²) >= 11 is 32.2. The molecule has 3 atom stereocenters. The Morgan fingerprint density at radius 3 is 1.61 bits per heavy atom. The van der Waals surface area contributed by atoms with Gasteiger partial charge in [-0.3, -0.25) is 43.4 Å². The van der Waals surface area contributed by atoms with E-state index in [1.807, 2.05) is 121 Å². The Hall–Kier alpha value is -7.75. The lowest BCUT2D eigenvalue weighted by Crippen LogP contribution is -2.55. The smallest absolute Gasteiger partial charge is 0.331 e. The number of thioether (sulfide) groups is 5. The predicted octanol–water partition coefficient (Wildman–Crippen LogP) is 12.3. The number of hydrogen-bond acceptors (Lipinski definition) is 27. The molecule has 5 heterocycles. The van der Waals surface area contributed by atoms with Gasteiger partial charge in [0.25, 0.3) is 5.91 Å². The molecule has 9 rings (SSSR count). The van der Waals surface area contributed by atoms with Crippen LogP contribution < -0.4 is 15.4 Å². The molecule has 4 amide bonds. The van der Waals surface area contributed by atoms with E-state index in [1.165, 1.54) is 25.6 Å². The highest BCUT2D eigenvalue weighted by Gasteiger charge is 2.38. The number of para-hydroxylation sites is 2. The zero-order valence-corrected chi connectivity index (χ0v) is 63.6. The number of rotatable bonds is 17. The molecule has 2 fully saturated rings. The van der Waals surface area contributed by atoms with Gasteiger partial charge < -0.3 is 18.9 Å². The summed E-state index contributed by atoms with van der Waals surface area (Å²) < 4.78 is 23.3. The number of thiocarbonyl (C=S) groups is 5. The number of anilines is 2. The van der Waals surface area contributed by atoms with Crippen LogP contribution in [0.1, 0.15) is 90.5 Å². The standard InChI is InChI=1S/C19H15N3O2S2.C18H20N2O4S2.C11H10N2S2.C10H14N2O3S2.C9H14N2O3S2/c20-13-16(14-7-3-1-4-8-14)26-19(25)22-18(24)12-11-17(23)21(22)15-9-5-2-6-10-15;1-3-23-16(21)15(17(22)24-4-2)26-18(25)20-13-9-8-12-19(20)14-10-6-5-7-11-14;14-11(13-8-4-7-12-13)15-9-10-5-2-1-3-6-10;1-4-15-9(14)7(3)17-10(16)12-8(13)5-6(2)11-12;1-3-14-8(13)6(2)16-9(15)11-7(12)4-5-10-11/h1-10,16H,11-12H2;5-13,15H,3-4H2,1-2H3;1-8H,9H2;7H,4-5H2,1-3H3;6,10H,3-5H2,1-2H3. The predicted molar refractivity (Wildman–Crippen MR) is 416 cm³/mol. The number of hydrogen-bond donors (Lipinski definition) is 1. The number of carbonyl (C=O) groups is 8. The summed E-state index contributed by atoms with van der Waals surface area (Å²) in [7, 11) is 0. The van der Waals surface area contributed by atoms with Crippen LogP contribution in [-0.2, 0) is 63.1 Å². The number of carbonyl (C=O) groups excluding carboxylic acids is 8. The third-order valence-corrected chi connectivity index (χ3v) is 20.0. The number of esters is 4. The first-order chi connectivity index (χ1) is 48.1. The molecular weight excluding hydrogens is 1470 g/mol. The van der Waals surface area contributed by atoms with Crippen LogP contribution in [0.5, 0.6) is 0 Å². The highest BCUT2D eigenvalue weighted by atomic mass is 32.2. The molecule has 4 aliphatic rings. The summed E-state index contributed by atoms with van der Waals surface area (Å²) in [5, 5.41) is 23.6. The summed E-state index contributed by atoms with van der Waals surface area (Å²) in [5.74, 6) is -1.78. The van der Waals surface area contributed by atoms with E-state index in [0.717, 1.165) is 74.1 Å². The number of benzene rings is 4. The Morgan fingerprint density at radius 2 is 1.10 bits per heavy atom. The molecule has 0 spiro atoms. The molecule has 1 N–H and O–H groups in total. The van der Waals surface area contributed by atoms with Crippen molar-refractivity contribution in [2.24, 2.45) is 5.10 Å². The van der Waals surface area contributed by atoms with Crippen LogP contribution >= 0.6 is 120 Å². The van der Waals surface area contributed by atoms with Crippen molar-refractivity contribution in [3.63, 3.8) is 0 Å². The number of nitrogens with one attached hydrogen (secondary N) is 1. The first kappa shape index (κ1) is 82.9. The Bertz CT molecular complexity index is 3760. The average molecular weight is 1550 g/mol. The third kappa shape index (κ3) is 26.6. The van der Waals surface area contributed by atoms with Crippen molar-refractivity contribution >= 4 is 206 Å². The van der Waals surface area contributed by atoms with Crippen molar-refractivity contribution in [1.29, 1.82) is 5.26 Å². The number of ether oxygens (including phenoxy) is 4. The van der Waals surface area contributed by atoms with E-state index in [2.05, 4.69) is 33.8 Å². The molecule has 2 saturated heterocycles. The van der Waals surface area contributed by atoms with Crippen molar-refractivity contribution in [2.45, 2.75) is 101 Å². The number of nitrogens with zero attached hydrogens (tertiary/aromatic N) is 10. The second kappa shape index (κ2) is 44.5. The lowest BCUT2D eigenvalue weighted by molar-refractivity contribution is -0.153. The van der Waals surface area contributed by atoms with Gasteiger partial charge in [-0.25, -0.2) is 25.1 Å². The summed E-state index contributed by atoms with van der Waals surface area (Å²) in [4.78, 5) is 94.9. The molecule has 100 heavy (non-hydrogen) atoms. The molecule has 0 aliphatic carbocycles. The van der Waals surface area contributed by atoms with Gasteiger partial charge in [-0.1, -0.05) is 217 Å². The first-order valence-electron chi connectivity index (χ1n) is 30.8. The van der Waals surface area contributed by atoms with E-state index in [9.17, 15) is 43.6 Å². The van der Waals surface area contributed by atoms with Crippen LogP contribution in [0.15, 0.2) is 169 Å². The average Bonchev–Trinajstić information content (AvgIpc) is 0.993. The summed E-state index contributed by atoms with van der Waals surface area (Å²) in [6, 6.07) is 42.1. The summed E-state index contributed by atoms with van der Waals surface area (Å²) in [5.41, 5.74) is 7.11. The van der Waals surface area contributed by atoms with E-state index in [4.69, 9.17) is 80.0 Å². The largest absolute Gasteiger partial charge is 0.465 e. The molecule has 4 aromatic carbocycles. The molecule has 1 aromatic heterocycles. The number of aromatic nitrogens is 2. The maximum Gasteiger partial charge on any atom is 0.331 e. The molecule has 3 unspecified atom stereocenters. The lowest BCUT2D eigenvalue weighted by Gasteiger charge is -2.37. The van der Waals surface area contributed by atoms with Gasteiger partial charge in [0.15, 0.2) is 21.6 Å². The highest BCUT2D eigenvalue weighted by molar-refractivity contribution is 8.25. The van der Waals surface area contributed by atoms with E-state index >= 15 is 0 Å². The Kier molecular flexibility index (Phi) is 36.9. The van der Waals surface area contributed by atoms with Gasteiger partial charge in [0.2, 0.25) is 23.0 Å². The maximum atomic E-state index is 12.5. The molecule has 0 radical (unpaired) electrons. The topological polar surface area (TPSA) is 259 Å². The fraction of sp³-hybridized carbons (Fsp3) is 0.313. The highest BCUT2D eigenvalue weighted by Crippen LogP contribution is 2.34. The van der Waals surface area contributed by atoms with Crippen molar-refractivity contribution in [2.75, 3.05) is 43.0 Å². The summed E-state index contributed by atoms with van der Waals surface area (Å²) in [6.45, 7) is 13.6. The van der Waals surface area contributed by atoms with Gasteiger partial charge in [0.05, 0.1) is 50.3 Å². The number of hydrazone groups is 1. The van der Waals surface area contributed by atoms with Crippen LogP contribution in [0.25, 0.3) is 0 Å². The van der Waals surface area contributed by atoms with E-state index < -0.39 is 32.9 Å². The number of hydrazine groups is 3. The molecule has 0 saturated carbocycles. The fourth-order valence-corrected chi connectivity index (χ4v) is 14.4. The van der Waals surface area contributed by atoms with Crippen LogP contribution in [0.2, 0.25) is 0 Å². The Balaban J connectivity index is 0.000000230. The quantitative estimate of drug-likeness (QED) is 0.0392. The van der Waals surface area contributed by atoms with E-state index in [1.54, 1.807) is 107 Å². The van der Waals surface area contributed by atoms with Crippen LogP contribution in [0.3, 0.4) is 0 Å². The minimum atomic E-state index is -1.17.